The van der Waals surface area contributed by atoms with E-state index in [1.807, 2.05) is 42.5 Å². The number of fused-ring (bicyclic) bond motifs is 1. The molecule has 4 rings (SSSR count). The number of hydrogen-bond acceptors (Lipinski definition) is 6. The van der Waals surface area contributed by atoms with Gasteiger partial charge in [-0.1, -0.05) is 50.2 Å². The van der Waals surface area contributed by atoms with E-state index in [4.69, 9.17) is 9.72 Å². The van der Waals surface area contributed by atoms with Gasteiger partial charge in [0.05, 0.1) is 22.9 Å². The fourth-order valence-corrected chi connectivity index (χ4v) is 5.14. The standard InChI is InChI=1S/C30H32N2O3S/c1-4-35-28(34)11-7-9-26(33)21-16-18-24(19-17-21)31-29(20(2)3)22-12-14-23(15-13-22)30-32-25-8-5-6-10-27(25)36-30/h5-6,8,10,12-20,29,31H,4,7,9,11H2,1-3H3/t29-/m0/s1. The average molecular weight is 501 g/mol. The first-order chi connectivity index (χ1) is 17.4. The molecular weight excluding hydrogens is 468 g/mol. The summed E-state index contributed by atoms with van der Waals surface area (Å²) in [6.07, 6.45) is 1.11. The monoisotopic (exact) mass is 500 g/mol. The van der Waals surface area contributed by atoms with Gasteiger partial charge in [-0.3, -0.25) is 9.59 Å². The van der Waals surface area contributed by atoms with E-state index < -0.39 is 0 Å². The molecule has 36 heavy (non-hydrogen) atoms. The zero-order valence-electron chi connectivity index (χ0n) is 21.0. The second-order valence-corrected chi connectivity index (χ2v) is 10.2. The van der Waals surface area contributed by atoms with Crippen LogP contribution in [0.15, 0.2) is 72.8 Å². The molecule has 0 fully saturated rings. The molecule has 0 aliphatic heterocycles. The number of para-hydroxylation sites is 1. The molecule has 0 amide bonds. The summed E-state index contributed by atoms with van der Waals surface area (Å²) in [5.41, 5.74) is 4.98. The van der Waals surface area contributed by atoms with Gasteiger partial charge < -0.3 is 10.1 Å². The maximum atomic E-state index is 12.5. The lowest BCUT2D eigenvalue weighted by atomic mass is 9.94. The van der Waals surface area contributed by atoms with E-state index in [-0.39, 0.29) is 24.2 Å². The van der Waals surface area contributed by atoms with Crippen LogP contribution in [0.3, 0.4) is 0 Å². The van der Waals surface area contributed by atoms with Gasteiger partial charge in [0, 0.05) is 29.7 Å². The third-order valence-corrected chi connectivity index (χ3v) is 7.18. The van der Waals surface area contributed by atoms with Crippen molar-refractivity contribution in [1.82, 2.24) is 4.98 Å². The lowest BCUT2D eigenvalue weighted by Gasteiger charge is -2.24. The maximum Gasteiger partial charge on any atom is 0.305 e. The molecule has 0 aliphatic carbocycles. The van der Waals surface area contributed by atoms with E-state index in [9.17, 15) is 9.59 Å². The summed E-state index contributed by atoms with van der Waals surface area (Å²) < 4.78 is 6.11. The highest BCUT2D eigenvalue weighted by Crippen LogP contribution is 2.32. The minimum Gasteiger partial charge on any atom is -0.466 e. The molecule has 0 bridgehead atoms. The van der Waals surface area contributed by atoms with Gasteiger partial charge in [0.25, 0.3) is 0 Å². The number of rotatable bonds is 11. The molecular formula is C30H32N2O3S. The number of thiazole rings is 1. The Bertz CT molecular complexity index is 1280. The highest BCUT2D eigenvalue weighted by atomic mass is 32.1. The first kappa shape index (κ1) is 25.6. The van der Waals surface area contributed by atoms with E-state index in [0.717, 1.165) is 21.8 Å². The highest BCUT2D eigenvalue weighted by Gasteiger charge is 2.17. The number of nitrogens with one attached hydrogen (secondary N) is 1. The summed E-state index contributed by atoms with van der Waals surface area (Å²) in [5.74, 6) is 0.150. The summed E-state index contributed by atoms with van der Waals surface area (Å²) in [4.78, 5) is 28.7. The third-order valence-electron chi connectivity index (χ3n) is 6.10. The Morgan fingerprint density at radius 2 is 1.67 bits per heavy atom. The molecule has 5 nitrogen and oxygen atoms in total. The number of ketones is 1. The van der Waals surface area contributed by atoms with Crippen LogP contribution in [0.4, 0.5) is 5.69 Å². The molecule has 0 saturated heterocycles. The highest BCUT2D eigenvalue weighted by molar-refractivity contribution is 7.21. The Morgan fingerprint density at radius 1 is 0.944 bits per heavy atom. The first-order valence-corrected chi connectivity index (χ1v) is 13.3. The number of anilines is 1. The Morgan fingerprint density at radius 3 is 2.33 bits per heavy atom. The van der Waals surface area contributed by atoms with E-state index in [1.54, 1.807) is 18.3 Å². The number of carbonyl (C=O) groups is 2. The van der Waals surface area contributed by atoms with Gasteiger partial charge in [0.15, 0.2) is 5.78 Å². The van der Waals surface area contributed by atoms with Gasteiger partial charge in [-0.2, -0.15) is 0 Å². The van der Waals surface area contributed by atoms with Crippen LogP contribution in [0.5, 0.6) is 0 Å². The number of aromatic nitrogens is 1. The van der Waals surface area contributed by atoms with Crippen LogP contribution in [0, 0.1) is 5.92 Å². The molecule has 0 unspecified atom stereocenters. The summed E-state index contributed by atoms with van der Waals surface area (Å²) in [6.45, 7) is 6.54. The van der Waals surface area contributed by atoms with Crippen LogP contribution >= 0.6 is 11.3 Å². The maximum absolute atomic E-state index is 12.5. The molecule has 3 aromatic carbocycles. The molecule has 0 aliphatic rings. The lowest BCUT2D eigenvalue weighted by molar-refractivity contribution is -0.143. The van der Waals surface area contributed by atoms with Crippen molar-refractivity contribution in [1.29, 1.82) is 0 Å². The van der Waals surface area contributed by atoms with Gasteiger partial charge >= 0.3 is 5.97 Å². The number of Topliss-reactive ketones (excluding diaryl/α,β-unsaturated/α-hetero) is 1. The third kappa shape index (κ3) is 6.38. The smallest absolute Gasteiger partial charge is 0.305 e. The topological polar surface area (TPSA) is 68.3 Å². The van der Waals surface area contributed by atoms with E-state index in [1.165, 1.54) is 10.3 Å². The normalized spacial score (nSPS) is 12.0. The van der Waals surface area contributed by atoms with Crippen molar-refractivity contribution >= 4 is 39.0 Å². The summed E-state index contributed by atoms with van der Waals surface area (Å²) in [7, 11) is 0. The van der Waals surface area contributed by atoms with E-state index in [2.05, 4.69) is 49.5 Å². The molecule has 1 aromatic heterocycles. The second-order valence-electron chi connectivity index (χ2n) is 9.13. The van der Waals surface area contributed by atoms with Crippen LogP contribution in [-0.4, -0.2) is 23.3 Å². The van der Waals surface area contributed by atoms with E-state index in [0.29, 0.717) is 30.9 Å². The summed E-state index contributed by atoms with van der Waals surface area (Å²) >= 11 is 1.71. The van der Waals surface area contributed by atoms with Crippen LogP contribution < -0.4 is 5.32 Å². The molecule has 1 heterocycles. The summed E-state index contributed by atoms with van der Waals surface area (Å²) in [6, 6.07) is 24.5. The zero-order chi connectivity index (χ0) is 25.5. The predicted octanol–water partition coefficient (Wildman–Crippen LogP) is 7.69. The van der Waals surface area contributed by atoms with Gasteiger partial charge in [0.1, 0.15) is 5.01 Å². The van der Waals surface area contributed by atoms with Crippen molar-refractivity contribution in [3.8, 4) is 10.6 Å². The van der Waals surface area contributed by atoms with Crippen molar-refractivity contribution in [2.75, 3.05) is 11.9 Å². The second kappa shape index (κ2) is 12.0. The molecule has 6 heteroatoms. The number of carbonyl (C=O) groups excluding carboxylic acids is 2. The Labute approximate surface area is 216 Å². The number of ether oxygens (including phenoxy) is 1. The zero-order valence-corrected chi connectivity index (χ0v) is 21.8. The van der Waals surface area contributed by atoms with Gasteiger partial charge in [-0.05, 0) is 61.2 Å². The van der Waals surface area contributed by atoms with Crippen molar-refractivity contribution in [2.24, 2.45) is 5.92 Å². The Balaban J connectivity index is 1.40. The SMILES string of the molecule is CCOC(=O)CCCC(=O)c1ccc(N[C@H](c2ccc(-c3nc4ccccc4s3)cc2)C(C)C)cc1. The molecule has 1 atom stereocenters. The largest absolute Gasteiger partial charge is 0.466 e. The van der Waals surface area contributed by atoms with Crippen LogP contribution in [0.25, 0.3) is 20.8 Å². The summed E-state index contributed by atoms with van der Waals surface area (Å²) in [5, 5.41) is 4.66. The van der Waals surface area contributed by atoms with E-state index >= 15 is 0 Å². The van der Waals surface area contributed by atoms with Crippen LogP contribution in [0.2, 0.25) is 0 Å². The molecule has 1 N–H and O–H groups in total. The number of hydrogen-bond donors (Lipinski definition) is 1. The lowest BCUT2D eigenvalue weighted by Crippen LogP contribution is -2.16. The molecule has 0 radical (unpaired) electrons. The molecule has 0 saturated carbocycles. The predicted molar refractivity (Wildman–Crippen MR) is 148 cm³/mol. The Kier molecular flexibility index (Phi) is 8.49. The van der Waals surface area contributed by atoms with Gasteiger partial charge in [-0.25, -0.2) is 4.98 Å². The fourth-order valence-electron chi connectivity index (χ4n) is 4.17. The van der Waals surface area contributed by atoms with Crippen LogP contribution in [0.1, 0.15) is 62.0 Å². The Hall–Kier alpha value is -3.51. The minimum absolute atomic E-state index is 0.0386. The van der Waals surface area contributed by atoms with Gasteiger partial charge in [-0.15, -0.1) is 11.3 Å². The van der Waals surface area contributed by atoms with Crippen molar-refractivity contribution in [2.45, 2.75) is 46.1 Å². The molecule has 0 spiro atoms. The quantitative estimate of drug-likeness (QED) is 0.169. The van der Waals surface area contributed by atoms with Crippen LogP contribution in [-0.2, 0) is 9.53 Å². The van der Waals surface area contributed by atoms with Gasteiger partial charge in [0.2, 0.25) is 0 Å². The van der Waals surface area contributed by atoms with Crippen molar-refractivity contribution in [3.63, 3.8) is 0 Å². The van der Waals surface area contributed by atoms with Crippen molar-refractivity contribution in [3.05, 3.63) is 83.9 Å². The molecule has 4 aromatic rings. The number of nitrogens with zero attached hydrogens (tertiary/aromatic N) is 1. The first-order valence-electron chi connectivity index (χ1n) is 12.5. The van der Waals surface area contributed by atoms with Crippen molar-refractivity contribution < 1.29 is 14.3 Å². The minimum atomic E-state index is -0.252. The average Bonchev–Trinajstić information content (AvgIpc) is 3.32. The fraction of sp³-hybridized carbons (Fsp3) is 0.300. The number of benzene rings is 3. The molecule has 186 valence electrons. The number of esters is 1.